The number of para-hydroxylation sites is 1. The molecule has 1 heterocycles. The molecule has 4 heteroatoms. The van der Waals surface area contributed by atoms with Gasteiger partial charge in [-0.25, -0.2) is 0 Å². The molecule has 0 radical (unpaired) electrons. The van der Waals surface area contributed by atoms with Gasteiger partial charge in [-0.2, -0.15) is 0 Å². The zero-order chi connectivity index (χ0) is 17.2. The van der Waals surface area contributed by atoms with Crippen LogP contribution < -0.4 is 10.2 Å². The Morgan fingerprint density at radius 3 is 2.64 bits per heavy atom. The molecule has 1 N–H and O–H groups in total. The van der Waals surface area contributed by atoms with Gasteiger partial charge in [-0.05, 0) is 42.5 Å². The van der Waals surface area contributed by atoms with Crippen molar-refractivity contribution in [2.24, 2.45) is 5.92 Å². The summed E-state index contributed by atoms with van der Waals surface area (Å²) in [4.78, 5) is 26.8. The normalized spacial score (nSPS) is 22.6. The third kappa shape index (κ3) is 3.16. The van der Waals surface area contributed by atoms with Gasteiger partial charge in [-0.1, -0.05) is 42.5 Å². The van der Waals surface area contributed by atoms with E-state index in [1.807, 2.05) is 36.4 Å². The van der Waals surface area contributed by atoms with Gasteiger partial charge in [0.15, 0.2) is 0 Å². The summed E-state index contributed by atoms with van der Waals surface area (Å²) in [6.07, 6.45) is 3.41. The molecule has 4 rings (SSSR count). The highest BCUT2D eigenvalue weighted by Crippen LogP contribution is 2.31. The molecule has 2 aromatic rings. The molecule has 0 unspecified atom stereocenters. The van der Waals surface area contributed by atoms with Crippen molar-refractivity contribution in [3.8, 4) is 0 Å². The molecule has 128 valence electrons. The molecule has 1 aliphatic carbocycles. The number of nitrogens with zero attached hydrogens (tertiary/aromatic N) is 1. The summed E-state index contributed by atoms with van der Waals surface area (Å²) in [5.74, 6) is -0.259. The third-order valence-electron chi connectivity index (χ3n) is 5.25. The number of anilines is 1. The summed E-state index contributed by atoms with van der Waals surface area (Å²) in [6.45, 7) is 0.461. The minimum Gasteiger partial charge on any atom is -0.349 e. The van der Waals surface area contributed by atoms with E-state index in [1.54, 1.807) is 4.90 Å². The number of nitrogens with one attached hydrogen (secondary N) is 1. The number of fused-ring (bicyclic) bond motifs is 1. The van der Waals surface area contributed by atoms with Crippen molar-refractivity contribution in [1.82, 2.24) is 5.32 Å². The first-order chi connectivity index (χ1) is 12.2. The first kappa shape index (κ1) is 15.9. The zero-order valence-corrected chi connectivity index (χ0v) is 14.2. The molecule has 1 aliphatic heterocycles. The molecule has 0 aromatic heterocycles. The van der Waals surface area contributed by atoms with Crippen LogP contribution in [0.3, 0.4) is 0 Å². The van der Waals surface area contributed by atoms with E-state index < -0.39 is 0 Å². The second kappa shape index (κ2) is 6.71. The number of benzene rings is 2. The van der Waals surface area contributed by atoms with E-state index >= 15 is 0 Å². The van der Waals surface area contributed by atoms with Gasteiger partial charge in [0.1, 0.15) is 0 Å². The molecular formula is C21H22N2O2. The number of aryl methyl sites for hydroxylation is 1. The smallest absolute Gasteiger partial charge is 0.227 e. The van der Waals surface area contributed by atoms with Crippen molar-refractivity contribution in [2.45, 2.75) is 31.7 Å². The SMILES string of the molecule is O=C(N[C@@H]1CCCc2ccccc21)[C@H]1CC(=O)N(c2ccccc2)C1. The maximum atomic E-state index is 12.8. The maximum Gasteiger partial charge on any atom is 0.227 e. The molecule has 4 nitrogen and oxygen atoms in total. The summed E-state index contributed by atoms with van der Waals surface area (Å²) in [6, 6.07) is 18.0. The first-order valence-corrected chi connectivity index (χ1v) is 8.96. The van der Waals surface area contributed by atoms with Gasteiger partial charge < -0.3 is 10.2 Å². The molecule has 25 heavy (non-hydrogen) atoms. The Morgan fingerprint density at radius 2 is 1.80 bits per heavy atom. The first-order valence-electron chi connectivity index (χ1n) is 8.96. The Kier molecular flexibility index (Phi) is 4.26. The van der Waals surface area contributed by atoms with Crippen molar-refractivity contribution in [3.63, 3.8) is 0 Å². The Balaban J connectivity index is 1.45. The van der Waals surface area contributed by atoms with Crippen molar-refractivity contribution < 1.29 is 9.59 Å². The lowest BCUT2D eigenvalue weighted by Gasteiger charge is -2.27. The van der Waals surface area contributed by atoms with Gasteiger partial charge in [0.25, 0.3) is 0 Å². The average Bonchev–Trinajstić information content (AvgIpc) is 3.05. The summed E-state index contributed by atoms with van der Waals surface area (Å²) < 4.78 is 0. The predicted molar refractivity (Wildman–Crippen MR) is 97.2 cm³/mol. The summed E-state index contributed by atoms with van der Waals surface area (Å²) in [5.41, 5.74) is 3.42. The Hall–Kier alpha value is -2.62. The van der Waals surface area contributed by atoms with Crippen LogP contribution >= 0.6 is 0 Å². The van der Waals surface area contributed by atoms with E-state index in [9.17, 15) is 9.59 Å². The molecule has 2 aromatic carbocycles. The monoisotopic (exact) mass is 334 g/mol. The quantitative estimate of drug-likeness (QED) is 0.937. The van der Waals surface area contributed by atoms with Crippen LogP contribution in [0.5, 0.6) is 0 Å². The van der Waals surface area contributed by atoms with Crippen molar-refractivity contribution in [2.75, 3.05) is 11.4 Å². The van der Waals surface area contributed by atoms with Gasteiger partial charge in [-0.15, -0.1) is 0 Å². The predicted octanol–water partition coefficient (Wildman–Crippen LogP) is 3.23. The Morgan fingerprint density at radius 1 is 1.04 bits per heavy atom. The standard InChI is InChI=1S/C21H22N2O2/c24-20-13-16(14-23(20)17-9-2-1-3-10-17)21(25)22-19-12-6-8-15-7-4-5-11-18(15)19/h1-5,7,9-11,16,19H,6,8,12-14H2,(H,22,25)/t16-,19+/m0/s1. The van der Waals surface area contributed by atoms with Gasteiger partial charge in [0.2, 0.25) is 11.8 Å². The van der Waals surface area contributed by atoms with Crippen LogP contribution in [-0.4, -0.2) is 18.4 Å². The highest BCUT2D eigenvalue weighted by molar-refractivity contribution is 6.00. The number of amides is 2. The maximum absolute atomic E-state index is 12.8. The lowest BCUT2D eigenvalue weighted by atomic mass is 9.87. The van der Waals surface area contributed by atoms with Crippen molar-refractivity contribution >= 4 is 17.5 Å². The molecule has 2 amide bonds. The topological polar surface area (TPSA) is 49.4 Å². The summed E-state index contributed by atoms with van der Waals surface area (Å²) >= 11 is 0. The lowest BCUT2D eigenvalue weighted by Crippen LogP contribution is -2.36. The van der Waals surface area contributed by atoms with Crippen LogP contribution in [0.2, 0.25) is 0 Å². The minimum atomic E-state index is -0.276. The van der Waals surface area contributed by atoms with Crippen LogP contribution in [-0.2, 0) is 16.0 Å². The van der Waals surface area contributed by atoms with E-state index in [1.165, 1.54) is 11.1 Å². The van der Waals surface area contributed by atoms with Crippen molar-refractivity contribution in [1.29, 1.82) is 0 Å². The van der Waals surface area contributed by atoms with Gasteiger partial charge in [0.05, 0.1) is 12.0 Å². The largest absolute Gasteiger partial charge is 0.349 e. The van der Waals surface area contributed by atoms with E-state index in [4.69, 9.17) is 0 Å². The molecule has 1 saturated heterocycles. The molecule has 2 aliphatic rings. The minimum absolute atomic E-state index is 0.00603. The van der Waals surface area contributed by atoms with Crippen LogP contribution in [0.25, 0.3) is 0 Å². The summed E-state index contributed by atoms with van der Waals surface area (Å²) in [7, 11) is 0. The molecular weight excluding hydrogens is 312 g/mol. The molecule has 0 bridgehead atoms. The Labute approximate surface area is 147 Å². The fraction of sp³-hybridized carbons (Fsp3) is 0.333. The third-order valence-corrected chi connectivity index (χ3v) is 5.25. The van der Waals surface area contributed by atoms with Crippen molar-refractivity contribution in [3.05, 3.63) is 65.7 Å². The average molecular weight is 334 g/mol. The molecule has 1 fully saturated rings. The van der Waals surface area contributed by atoms with E-state index in [2.05, 4.69) is 23.5 Å². The summed E-state index contributed by atoms with van der Waals surface area (Å²) in [5, 5.41) is 3.19. The van der Waals surface area contributed by atoms with Crippen LogP contribution in [0.15, 0.2) is 54.6 Å². The fourth-order valence-electron chi connectivity index (χ4n) is 3.93. The highest BCUT2D eigenvalue weighted by Gasteiger charge is 2.36. The lowest BCUT2D eigenvalue weighted by molar-refractivity contribution is -0.127. The zero-order valence-electron chi connectivity index (χ0n) is 14.2. The molecule has 0 saturated carbocycles. The number of hydrogen-bond donors (Lipinski definition) is 1. The molecule has 2 atom stereocenters. The second-order valence-corrected chi connectivity index (χ2v) is 6.89. The number of carbonyl (C=O) groups is 2. The van der Waals surface area contributed by atoms with Crippen LogP contribution in [0.1, 0.15) is 36.4 Å². The van der Waals surface area contributed by atoms with Crippen LogP contribution in [0.4, 0.5) is 5.69 Å². The van der Waals surface area contributed by atoms with Crippen LogP contribution in [0, 0.1) is 5.92 Å². The second-order valence-electron chi connectivity index (χ2n) is 6.89. The number of hydrogen-bond acceptors (Lipinski definition) is 2. The molecule has 0 spiro atoms. The van der Waals surface area contributed by atoms with Gasteiger partial charge in [-0.3, -0.25) is 9.59 Å². The van der Waals surface area contributed by atoms with E-state index in [0.717, 1.165) is 24.9 Å². The van der Waals surface area contributed by atoms with E-state index in [-0.39, 0.29) is 30.2 Å². The van der Waals surface area contributed by atoms with Gasteiger partial charge >= 0.3 is 0 Å². The van der Waals surface area contributed by atoms with Gasteiger partial charge in [0, 0.05) is 18.7 Å². The fourth-order valence-corrected chi connectivity index (χ4v) is 3.93. The number of carbonyl (C=O) groups excluding carboxylic acids is 2. The highest BCUT2D eigenvalue weighted by atomic mass is 16.2. The van der Waals surface area contributed by atoms with E-state index in [0.29, 0.717) is 6.54 Å². The number of rotatable bonds is 3. The Bertz CT molecular complexity index is 787.